The van der Waals surface area contributed by atoms with Gasteiger partial charge in [-0.3, -0.25) is 0 Å². The SMILES string of the molecule is COC(=O)/C=C\C(=O)O[Si](c1ccccc1)C(C)(C)C. The van der Waals surface area contributed by atoms with Gasteiger partial charge in [0.25, 0.3) is 0 Å². The van der Waals surface area contributed by atoms with Crippen LogP contribution in [0, 0.1) is 0 Å². The molecule has 0 saturated carbocycles. The second-order valence-electron chi connectivity index (χ2n) is 5.22. The van der Waals surface area contributed by atoms with Crippen LogP contribution in [0.25, 0.3) is 0 Å². The van der Waals surface area contributed by atoms with Gasteiger partial charge in [-0.1, -0.05) is 51.1 Å². The molecule has 0 heterocycles. The summed E-state index contributed by atoms with van der Waals surface area (Å²) in [5.74, 6) is -1.10. The molecule has 0 amide bonds. The van der Waals surface area contributed by atoms with Crippen molar-refractivity contribution in [2.75, 3.05) is 7.11 Å². The van der Waals surface area contributed by atoms with Crippen LogP contribution >= 0.6 is 0 Å². The summed E-state index contributed by atoms with van der Waals surface area (Å²) in [5, 5.41) is 0.866. The van der Waals surface area contributed by atoms with Crippen molar-refractivity contribution in [3.05, 3.63) is 42.5 Å². The van der Waals surface area contributed by atoms with Crippen molar-refractivity contribution in [1.82, 2.24) is 0 Å². The molecule has 0 aliphatic heterocycles. The molecule has 1 rings (SSSR count). The molecule has 0 aliphatic rings. The van der Waals surface area contributed by atoms with Gasteiger partial charge in [-0.2, -0.15) is 0 Å². The Morgan fingerprint density at radius 3 is 2.10 bits per heavy atom. The molecule has 0 saturated heterocycles. The molecule has 4 nitrogen and oxygen atoms in total. The van der Waals surface area contributed by atoms with Crippen LogP contribution in [0.5, 0.6) is 0 Å². The van der Waals surface area contributed by atoms with Gasteiger partial charge in [0.05, 0.1) is 7.11 Å². The van der Waals surface area contributed by atoms with Crippen molar-refractivity contribution in [1.29, 1.82) is 0 Å². The summed E-state index contributed by atoms with van der Waals surface area (Å²) >= 11 is 0. The van der Waals surface area contributed by atoms with Gasteiger partial charge >= 0.3 is 21.0 Å². The standard InChI is InChI=1S/C15H19O4Si/c1-15(2,3)20(12-8-6-5-7-9-12)19-14(17)11-10-13(16)18-4/h5-11H,1-4H3/b11-10-. The quantitative estimate of drug-likeness (QED) is 0.483. The summed E-state index contributed by atoms with van der Waals surface area (Å²) in [6.45, 7) is 6.10. The maximum atomic E-state index is 11.8. The predicted octanol–water partition coefficient (Wildman–Crippen LogP) is 1.96. The number of hydrogen-bond acceptors (Lipinski definition) is 4. The number of carbonyl (C=O) groups is 2. The zero-order valence-electron chi connectivity index (χ0n) is 12.2. The van der Waals surface area contributed by atoms with E-state index >= 15 is 0 Å². The molecule has 0 unspecified atom stereocenters. The Hall–Kier alpha value is -1.88. The minimum Gasteiger partial charge on any atom is -0.509 e. The molecule has 0 aliphatic carbocycles. The van der Waals surface area contributed by atoms with Crippen molar-refractivity contribution in [2.45, 2.75) is 25.8 Å². The first-order valence-corrected chi connectivity index (χ1v) is 7.66. The van der Waals surface area contributed by atoms with E-state index in [4.69, 9.17) is 4.43 Å². The van der Waals surface area contributed by atoms with Crippen molar-refractivity contribution in [3.63, 3.8) is 0 Å². The zero-order valence-corrected chi connectivity index (χ0v) is 13.2. The number of rotatable bonds is 4. The first-order chi connectivity index (χ1) is 9.34. The van der Waals surface area contributed by atoms with E-state index in [-0.39, 0.29) is 5.04 Å². The summed E-state index contributed by atoms with van der Waals surface area (Å²) in [6.07, 6.45) is 2.17. The molecule has 0 N–H and O–H groups in total. The number of ether oxygens (including phenoxy) is 1. The molecule has 0 bridgehead atoms. The number of benzene rings is 1. The van der Waals surface area contributed by atoms with Crippen LogP contribution in [0.1, 0.15) is 20.8 Å². The number of methoxy groups -OCH3 is 1. The van der Waals surface area contributed by atoms with E-state index in [2.05, 4.69) is 4.74 Å². The molecular formula is C15H19O4Si. The van der Waals surface area contributed by atoms with Gasteiger partial charge in [0.1, 0.15) is 0 Å². The van der Waals surface area contributed by atoms with Gasteiger partial charge in [-0.15, -0.1) is 0 Å². The summed E-state index contributed by atoms with van der Waals surface area (Å²) < 4.78 is 10.00. The summed E-state index contributed by atoms with van der Waals surface area (Å²) in [5.41, 5.74) is 0. The summed E-state index contributed by atoms with van der Waals surface area (Å²) in [6, 6.07) is 9.67. The molecule has 5 heteroatoms. The highest BCUT2D eigenvalue weighted by molar-refractivity contribution is 6.71. The van der Waals surface area contributed by atoms with Crippen LogP contribution < -0.4 is 5.19 Å². The molecule has 0 aromatic heterocycles. The third kappa shape index (κ3) is 5.01. The fourth-order valence-corrected chi connectivity index (χ4v) is 3.63. The lowest BCUT2D eigenvalue weighted by atomic mass is 10.2. The highest BCUT2D eigenvalue weighted by atomic mass is 28.3. The Morgan fingerprint density at radius 2 is 1.60 bits per heavy atom. The number of hydrogen-bond donors (Lipinski definition) is 0. The maximum Gasteiger partial charge on any atom is 0.330 e. The second kappa shape index (κ2) is 7.05. The van der Waals surface area contributed by atoms with Gasteiger partial charge < -0.3 is 9.16 Å². The fraction of sp³-hybridized carbons (Fsp3) is 0.333. The zero-order chi connectivity index (χ0) is 15.2. The smallest absolute Gasteiger partial charge is 0.330 e. The average molecular weight is 291 g/mol. The van der Waals surface area contributed by atoms with Crippen LogP contribution in [0.2, 0.25) is 5.04 Å². The average Bonchev–Trinajstić information content (AvgIpc) is 2.41. The van der Waals surface area contributed by atoms with E-state index in [1.54, 1.807) is 0 Å². The van der Waals surface area contributed by atoms with Crippen molar-refractivity contribution in [3.8, 4) is 0 Å². The Kier molecular flexibility index (Phi) is 5.70. The van der Waals surface area contributed by atoms with Gasteiger partial charge in [0, 0.05) is 12.2 Å². The van der Waals surface area contributed by atoms with Crippen LogP contribution in [-0.2, 0) is 18.8 Å². The van der Waals surface area contributed by atoms with E-state index < -0.39 is 21.0 Å². The van der Waals surface area contributed by atoms with E-state index in [0.29, 0.717) is 0 Å². The van der Waals surface area contributed by atoms with Crippen LogP contribution in [0.4, 0.5) is 0 Å². The van der Waals surface area contributed by atoms with Crippen LogP contribution in [0.3, 0.4) is 0 Å². The largest absolute Gasteiger partial charge is 0.509 e. The maximum absolute atomic E-state index is 11.8. The lowest BCUT2D eigenvalue weighted by Gasteiger charge is -2.27. The van der Waals surface area contributed by atoms with Crippen LogP contribution in [-0.4, -0.2) is 28.1 Å². The number of carbonyl (C=O) groups excluding carboxylic acids is 2. The summed E-state index contributed by atoms with van der Waals surface area (Å²) in [4.78, 5) is 22.8. The first-order valence-electron chi connectivity index (χ1n) is 6.25. The molecule has 0 atom stereocenters. The molecule has 20 heavy (non-hydrogen) atoms. The van der Waals surface area contributed by atoms with E-state index in [1.807, 2.05) is 51.1 Å². The topological polar surface area (TPSA) is 52.6 Å². The monoisotopic (exact) mass is 291 g/mol. The second-order valence-corrected chi connectivity index (χ2v) is 8.16. The Labute approximate surface area is 121 Å². The Balaban J connectivity index is 2.85. The molecular weight excluding hydrogens is 272 g/mol. The van der Waals surface area contributed by atoms with Crippen molar-refractivity contribution in [2.24, 2.45) is 0 Å². The molecule has 1 aromatic carbocycles. The minimum absolute atomic E-state index is 0.152. The van der Waals surface area contributed by atoms with Gasteiger partial charge in [-0.05, 0) is 10.2 Å². The van der Waals surface area contributed by atoms with Gasteiger partial charge in [-0.25, -0.2) is 9.59 Å². The number of esters is 1. The highest BCUT2D eigenvalue weighted by Gasteiger charge is 2.34. The van der Waals surface area contributed by atoms with E-state index in [1.165, 1.54) is 7.11 Å². The predicted molar refractivity (Wildman–Crippen MR) is 78.8 cm³/mol. The molecule has 0 fully saturated rings. The fourth-order valence-electron chi connectivity index (χ4n) is 1.57. The Morgan fingerprint density at radius 1 is 1.05 bits per heavy atom. The van der Waals surface area contributed by atoms with Crippen LogP contribution in [0.15, 0.2) is 42.5 Å². The lowest BCUT2D eigenvalue weighted by molar-refractivity contribution is -0.135. The van der Waals surface area contributed by atoms with Gasteiger partial charge in [0.15, 0.2) is 0 Å². The third-order valence-corrected chi connectivity index (χ3v) is 5.10. The highest BCUT2D eigenvalue weighted by Crippen LogP contribution is 2.27. The molecule has 1 aromatic rings. The Bertz CT molecular complexity index is 488. The molecule has 1 radical (unpaired) electrons. The minimum atomic E-state index is -1.54. The molecule has 0 spiro atoms. The van der Waals surface area contributed by atoms with Crippen molar-refractivity contribution < 1.29 is 18.8 Å². The molecule has 107 valence electrons. The third-order valence-electron chi connectivity index (χ3n) is 2.48. The normalized spacial score (nSPS) is 11.7. The van der Waals surface area contributed by atoms with Crippen molar-refractivity contribution >= 4 is 26.2 Å². The van der Waals surface area contributed by atoms with Gasteiger partial charge in [0.2, 0.25) is 0 Å². The van der Waals surface area contributed by atoms with E-state index in [0.717, 1.165) is 17.3 Å². The van der Waals surface area contributed by atoms with E-state index in [9.17, 15) is 9.59 Å². The lowest BCUT2D eigenvalue weighted by Crippen LogP contribution is -2.42. The summed E-state index contributed by atoms with van der Waals surface area (Å²) in [7, 11) is -0.287. The first kappa shape index (κ1) is 16.2.